The van der Waals surface area contributed by atoms with Crippen molar-refractivity contribution in [2.75, 3.05) is 0 Å². The average Bonchev–Trinajstić information content (AvgIpc) is 2.43. The van der Waals surface area contributed by atoms with Crippen LogP contribution in [0.3, 0.4) is 0 Å². The topological polar surface area (TPSA) is 50.4 Å². The second-order valence-electron chi connectivity index (χ2n) is 4.12. The van der Waals surface area contributed by atoms with Gasteiger partial charge in [0.25, 0.3) is 0 Å². The Hall–Kier alpha value is -2.62. The Morgan fingerprint density at radius 1 is 1.05 bits per heavy atom. The van der Waals surface area contributed by atoms with E-state index in [1.54, 1.807) is 30.3 Å². The number of hydrogen-bond acceptors (Lipinski definition) is 3. The first-order valence-corrected chi connectivity index (χ1v) is 5.67. The van der Waals surface area contributed by atoms with Crippen LogP contribution in [0.15, 0.2) is 57.7 Å². The van der Waals surface area contributed by atoms with Crippen molar-refractivity contribution in [2.24, 2.45) is 0 Å². The number of hydrogen-bond donors (Lipinski definition) is 1. The molecule has 0 saturated carbocycles. The Balaban J connectivity index is 2.36. The van der Waals surface area contributed by atoms with Crippen LogP contribution in [0.1, 0.15) is 0 Å². The molecule has 4 heteroatoms. The van der Waals surface area contributed by atoms with Gasteiger partial charge < -0.3 is 9.52 Å². The quantitative estimate of drug-likeness (QED) is 0.726. The van der Waals surface area contributed by atoms with Gasteiger partial charge in [-0.2, -0.15) is 0 Å². The maximum Gasteiger partial charge on any atom is 0.235 e. The number of halogens is 1. The van der Waals surface area contributed by atoms with Crippen molar-refractivity contribution in [3.63, 3.8) is 0 Å². The molecule has 3 nitrogen and oxygen atoms in total. The minimum Gasteiger partial charge on any atom is -0.502 e. The highest BCUT2D eigenvalue weighted by atomic mass is 19.1. The Kier molecular flexibility index (Phi) is 2.56. The number of benzene rings is 2. The number of rotatable bonds is 1. The Morgan fingerprint density at radius 2 is 1.84 bits per heavy atom. The summed E-state index contributed by atoms with van der Waals surface area (Å²) in [6.07, 6.45) is 0. The molecule has 1 aromatic heterocycles. The zero-order valence-corrected chi connectivity index (χ0v) is 9.76. The molecule has 0 aliphatic carbocycles. The molecule has 1 N–H and O–H groups in total. The smallest absolute Gasteiger partial charge is 0.235 e. The molecular formula is C15H9FO3. The summed E-state index contributed by atoms with van der Waals surface area (Å²) < 4.78 is 18.7. The van der Waals surface area contributed by atoms with Crippen LogP contribution < -0.4 is 5.43 Å². The van der Waals surface area contributed by atoms with Crippen LogP contribution in [0.4, 0.5) is 4.39 Å². The first-order valence-electron chi connectivity index (χ1n) is 5.67. The molecule has 0 radical (unpaired) electrons. The molecule has 0 aliphatic heterocycles. The molecule has 0 bridgehead atoms. The summed E-state index contributed by atoms with van der Waals surface area (Å²) in [5.41, 5.74) is 0.144. The number of fused-ring (bicyclic) bond motifs is 1. The van der Waals surface area contributed by atoms with Crippen molar-refractivity contribution in [3.8, 4) is 17.1 Å². The molecule has 0 saturated heterocycles. The monoisotopic (exact) mass is 256 g/mol. The van der Waals surface area contributed by atoms with E-state index >= 15 is 0 Å². The molecule has 19 heavy (non-hydrogen) atoms. The van der Waals surface area contributed by atoms with Crippen LogP contribution in [0, 0.1) is 5.82 Å². The van der Waals surface area contributed by atoms with Gasteiger partial charge in [0.15, 0.2) is 5.76 Å². The summed E-state index contributed by atoms with van der Waals surface area (Å²) in [6, 6.07) is 12.1. The van der Waals surface area contributed by atoms with E-state index in [2.05, 4.69) is 0 Å². The van der Waals surface area contributed by atoms with Gasteiger partial charge in [0.05, 0.1) is 5.39 Å². The summed E-state index contributed by atoms with van der Waals surface area (Å²) in [5, 5.41) is 10.2. The van der Waals surface area contributed by atoms with Crippen molar-refractivity contribution < 1.29 is 13.9 Å². The van der Waals surface area contributed by atoms with Crippen LogP contribution in [-0.2, 0) is 0 Å². The molecule has 1 heterocycles. The molecule has 3 rings (SSSR count). The van der Waals surface area contributed by atoms with E-state index in [9.17, 15) is 14.3 Å². The summed E-state index contributed by atoms with van der Waals surface area (Å²) in [7, 11) is 0. The van der Waals surface area contributed by atoms with E-state index in [4.69, 9.17) is 4.42 Å². The summed E-state index contributed by atoms with van der Waals surface area (Å²) >= 11 is 0. The molecule has 94 valence electrons. The van der Waals surface area contributed by atoms with Gasteiger partial charge in [-0.1, -0.05) is 24.3 Å². The predicted molar refractivity (Wildman–Crippen MR) is 69.5 cm³/mol. The number of para-hydroxylation sites is 1. The minimum absolute atomic E-state index is 0.0248. The van der Waals surface area contributed by atoms with E-state index in [0.717, 1.165) is 0 Å². The lowest BCUT2D eigenvalue weighted by Crippen LogP contribution is -2.02. The summed E-state index contributed by atoms with van der Waals surface area (Å²) in [6.45, 7) is 0. The standard InChI is InChI=1S/C15H9FO3/c16-10-5-3-4-9(8-10)15-14(18)13(17)11-6-1-2-7-12(11)19-15/h1-8,18H. The van der Waals surface area contributed by atoms with Crippen LogP contribution >= 0.6 is 0 Å². The SMILES string of the molecule is O=c1c(O)c(-c2cccc(F)c2)oc2ccccc12. The molecular weight excluding hydrogens is 247 g/mol. The lowest BCUT2D eigenvalue weighted by atomic mass is 10.1. The third kappa shape index (κ3) is 1.87. The second kappa shape index (κ2) is 4.24. The van der Waals surface area contributed by atoms with Crippen LogP contribution in [0.2, 0.25) is 0 Å². The van der Waals surface area contributed by atoms with Crippen LogP contribution in [0.25, 0.3) is 22.3 Å². The molecule has 3 aromatic rings. The Morgan fingerprint density at radius 3 is 2.63 bits per heavy atom. The van der Waals surface area contributed by atoms with Crippen LogP contribution in [0.5, 0.6) is 5.75 Å². The zero-order valence-electron chi connectivity index (χ0n) is 9.76. The van der Waals surface area contributed by atoms with Gasteiger partial charge in [0.2, 0.25) is 11.2 Å². The molecule has 0 unspecified atom stereocenters. The van der Waals surface area contributed by atoms with Gasteiger partial charge in [-0.15, -0.1) is 0 Å². The van der Waals surface area contributed by atoms with Crippen molar-refractivity contribution in [2.45, 2.75) is 0 Å². The van der Waals surface area contributed by atoms with E-state index < -0.39 is 17.0 Å². The fourth-order valence-corrected chi connectivity index (χ4v) is 1.96. The molecule has 0 aliphatic rings. The van der Waals surface area contributed by atoms with Gasteiger partial charge in [-0.25, -0.2) is 4.39 Å². The fourth-order valence-electron chi connectivity index (χ4n) is 1.96. The third-order valence-electron chi connectivity index (χ3n) is 2.86. The van der Waals surface area contributed by atoms with Gasteiger partial charge >= 0.3 is 0 Å². The van der Waals surface area contributed by atoms with Crippen molar-refractivity contribution >= 4 is 11.0 Å². The molecule has 0 atom stereocenters. The molecule has 0 amide bonds. The maximum absolute atomic E-state index is 13.2. The zero-order chi connectivity index (χ0) is 13.4. The second-order valence-corrected chi connectivity index (χ2v) is 4.12. The van der Waals surface area contributed by atoms with Gasteiger partial charge in [-0.3, -0.25) is 4.79 Å². The van der Waals surface area contributed by atoms with Gasteiger partial charge in [0.1, 0.15) is 11.4 Å². The predicted octanol–water partition coefficient (Wildman–Crippen LogP) is 3.30. The molecule has 0 fully saturated rings. The highest BCUT2D eigenvalue weighted by Gasteiger charge is 2.15. The molecule has 0 spiro atoms. The van der Waals surface area contributed by atoms with Crippen molar-refractivity contribution in [1.29, 1.82) is 0 Å². The van der Waals surface area contributed by atoms with E-state index in [1.165, 1.54) is 18.2 Å². The largest absolute Gasteiger partial charge is 0.502 e. The first-order chi connectivity index (χ1) is 9.16. The highest BCUT2D eigenvalue weighted by molar-refractivity contribution is 5.81. The summed E-state index contributed by atoms with van der Waals surface area (Å²) in [5.74, 6) is -1.000. The van der Waals surface area contributed by atoms with Gasteiger partial charge in [-0.05, 0) is 24.3 Å². The van der Waals surface area contributed by atoms with Crippen molar-refractivity contribution in [3.05, 3.63) is 64.6 Å². The average molecular weight is 256 g/mol. The first kappa shape index (κ1) is 11.5. The molecule has 2 aromatic carbocycles. The number of aromatic hydroxyl groups is 1. The van der Waals surface area contributed by atoms with E-state index in [1.807, 2.05) is 0 Å². The summed E-state index contributed by atoms with van der Waals surface area (Å²) in [4.78, 5) is 12.0. The normalized spacial score (nSPS) is 10.8. The minimum atomic E-state index is -0.527. The Bertz CT molecular complexity index is 821. The van der Waals surface area contributed by atoms with Gasteiger partial charge in [0, 0.05) is 5.56 Å². The highest BCUT2D eigenvalue weighted by Crippen LogP contribution is 2.29. The Labute approximate surface area is 107 Å². The van der Waals surface area contributed by atoms with Crippen molar-refractivity contribution in [1.82, 2.24) is 0 Å². The lowest BCUT2D eigenvalue weighted by molar-refractivity contribution is 0.449. The maximum atomic E-state index is 13.2. The van der Waals surface area contributed by atoms with E-state index in [0.29, 0.717) is 16.5 Å². The van der Waals surface area contributed by atoms with E-state index in [-0.39, 0.29) is 5.76 Å². The lowest BCUT2D eigenvalue weighted by Gasteiger charge is -2.05. The van der Waals surface area contributed by atoms with Crippen LogP contribution in [-0.4, -0.2) is 5.11 Å². The fraction of sp³-hybridized carbons (Fsp3) is 0. The third-order valence-corrected chi connectivity index (χ3v) is 2.86.